The predicted octanol–water partition coefficient (Wildman–Crippen LogP) is 3.64. The zero-order chi connectivity index (χ0) is 12.8. The number of likely N-dealkylation sites (tertiary alicyclic amines) is 1. The van der Waals surface area contributed by atoms with E-state index in [1.807, 2.05) is 0 Å². The summed E-state index contributed by atoms with van der Waals surface area (Å²) in [4.78, 5) is 2.59. The smallest absolute Gasteiger partial charge is 0.119 e. The minimum atomic E-state index is 0.778. The highest BCUT2D eigenvalue weighted by atomic mass is 16.5. The summed E-state index contributed by atoms with van der Waals surface area (Å²) in [6, 6.07) is 9.10. The fraction of sp³-hybridized carbons (Fsp3) is 0.625. The molecule has 1 fully saturated rings. The molecule has 2 rings (SSSR count). The van der Waals surface area contributed by atoms with E-state index in [1.165, 1.54) is 37.8 Å². The average molecular weight is 247 g/mol. The van der Waals surface area contributed by atoms with Gasteiger partial charge in [0.1, 0.15) is 12.4 Å². The molecule has 1 heterocycles. The quantitative estimate of drug-likeness (QED) is 0.787. The van der Waals surface area contributed by atoms with Gasteiger partial charge in [-0.2, -0.15) is 0 Å². The van der Waals surface area contributed by atoms with Crippen LogP contribution < -0.4 is 4.74 Å². The molecule has 2 nitrogen and oxygen atoms in total. The lowest BCUT2D eigenvalue weighted by atomic mass is 10.0. The van der Waals surface area contributed by atoms with Crippen LogP contribution in [-0.4, -0.2) is 30.6 Å². The molecule has 0 N–H and O–H groups in total. The lowest BCUT2D eigenvalue weighted by molar-refractivity contribution is 0.120. The second-order valence-corrected chi connectivity index (χ2v) is 5.26. The molecule has 1 aromatic carbocycles. The largest absolute Gasteiger partial charge is 0.492 e. The van der Waals surface area contributed by atoms with Crippen LogP contribution in [0.2, 0.25) is 0 Å². The van der Waals surface area contributed by atoms with Gasteiger partial charge in [0.25, 0.3) is 0 Å². The van der Waals surface area contributed by atoms with E-state index in [1.54, 1.807) is 0 Å². The van der Waals surface area contributed by atoms with Gasteiger partial charge in [0.2, 0.25) is 0 Å². The first kappa shape index (κ1) is 13.4. The van der Waals surface area contributed by atoms with Crippen LogP contribution in [0.4, 0.5) is 0 Å². The first-order chi connectivity index (χ1) is 8.79. The van der Waals surface area contributed by atoms with E-state index in [2.05, 4.69) is 43.0 Å². The fourth-order valence-electron chi connectivity index (χ4n) is 2.73. The first-order valence-corrected chi connectivity index (χ1v) is 7.23. The van der Waals surface area contributed by atoms with Crippen LogP contribution >= 0.6 is 0 Å². The minimum Gasteiger partial charge on any atom is -0.492 e. The number of aryl methyl sites for hydroxylation is 1. The molecule has 1 unspecified atom stereocenters. The zero-order valence-electron chi connectivity index (χ0n) is 11.7. The van der Waals surface area contributed by atoms with Crippen LogP contribution in [0.3, 0.4) is 0 Å². The van der Waals surface area contributed by atoms with Crippen molar-refractivity contribution >= 4 is 0 Å². The molecular weight excluding hydrogens is 222 g/mol. The van der Waals surface area contributed by atoms with Crippen molar-refractivity contribution in [3.63, 3.8) is 0 Å². The lowest BCUT2D eigenvalue weighted by Crippen LogP contribution is -2.41. The number of piperidine rings is 1. The maximum Gasteiger partial charge on any atom is 0.119 e. The molecule has 100 valence electrons. The third-order valence-corrected chi connectivity index (χ3v) is 3.89. The standard InChI is InChI=1S/C16H25NO/c1-3-15-6-4-5-11-17(15)12-13-18-16-9-7-14(2)8-10-16/h7-10,15H,3-6,11-13H2,1-2H3. The monoisotopic (exact) mass is 247 g/mol. The molecule has 1 saturated heterocycles. The molecule has 1 aliphatic rings. The molecule has 2 heteroatoms. The molecular formula is C16H25NO. The molecule has 0 aliphatic carbocycles. The van der Waals surface area contributed by atoms with E-state index in [4.69, 9.17) is 4.74 Å². The van der Waals surface area contributed by atoms with E-state index < -0.39 is 0 Å². The minimum absolute atomic E-state index is 0.778. The SMILES string of the molecule is CCC1CCCCN1CCOc1ccc(C)cc1. The Morgan fingerprint density at radius 3 is 2.72 bits per heavy atom. The number of nitrogens with zero attached hydrogens (tertiary/aromatic N) is 1. The van der Waals surface area contributed by atoms with Crippen molar-refractivity contribution in [2.75, 3.05) is 19.7 Å². The van der Waals surface area contributed by atoms with Crippen molar-refractivity contribution in [2.24, 2.45) is 0 Å². The van der Waals surface area contributed by atoms with E-state index in [0.29, 0.717) is 0 Å². The zero-order valence-corrected chi connectivity index (χ0v) is 11.7. The number of hydrogen-bond acceptors (Lipinski definition) is 2. The Balaban J connectivity index is 1.75. The molecule has 0 saturated carbocycles. The summed E-state index contributed by atoms with van der Waals surface area (Å²) in [6.07, 6.45) is 5.38. The van der Waals surface area contributed by atoms with Crippen LogP contribution in [0.25, 0.3) is 0 Å². The molecule has 1 aliphatic heterocycles. The summed E-state index contributed by atoms with van der Waals surface area (Å²) in [5.74, 6) is 0.991. The van der Waals surface area contributed by atoms with Crippen LogP contribution in [0.15, 0.2) is 24.3 Å². The molecule has 18 heavy (non-hydrogen) atoms. The summed E-state index contributed by atoms with van der Waals surface area (Å²) >= 11 is 0. The summed E-state index contributed by atoms with van der Waals surface area (Å²) < 4.78 is 5.81. The van der Waals surface area contributed by atoms with Crippen molar-refractivity contribution in [2.45, 2.75) is 45.6 Å². The van der Waals surface area contributed by atoms with Gasteiger partial charge in [-0.05, 0) is 44.9 Å². The van der Waals surface area contributed by atoms with Gasteiger partial charge in [-0.25, -0.2) is 0 Å². The van der Waals surface area contributed by atoms with E-state index in [9.17, 15) is 0 Å². The maximum absolute atomic E-state index is 5.81. The number of rotatable bonds is 5. The second-order valence-electron chi connectivity index (χ2n) is 5.26. The second kappa shape index (κ2) is 6.79. The predicted molar refractivity (Wildman–Crippen MR) is 76.2 cm³/mol. The topological polar surface area (TPSA) is 12.5 Å². The maximum atomic E-state index is 5.81. The van der Waals surface area contributed by atoms with E-state index >= 15 is 0 Å². The normalized spacial score (nSPS) is 20.9. The molecule has 0 aromatic heterocycles. The van der Waals surface area contributed by atoms with Gasteiger partial charge in [0, 0.05) is 12.6 Å². The first-order valence-electron chi connectivity index (χ1n) is 7.23. The van der Waals surface area contributed by atoms with Crippen molar-refractivity contribution < 1.29 is 4.74 Å². The number of ether oxygens (including phenoxy) is 1. The van der Waals surface area contributed by atoms with E-state index in [0.717, 1.165) is 24.9 Å². The van der Waals surface area contributed by atoms with Crippen LogP contribution in [0.1, 0.15) is 38.2 Å². The fourth-order valence-corrected chi connectivity index (χ4v) is 2.73. The molecule has 0 bridgehead atoms. The van der Waals surface area contributed by atoms with Gasteiger partial charge in [-0.1, -0.05) is 31.0 Å². The Morgan fingerprint density at radius 1 is 1.22 bits per heavy atom. The van der Waals surface area contributed by atoms with Crippen molar-refractivity contribution in [1.82, 2.24) is 4.90 Å². The molecule has 0 amide bonds. The van der Waals surface area contributed by atoms with Crippen molar-refractivity contribution in [3.8, 4) is 5.75 Å². The van der Waals surface area contributed by atoms with Gasteiger partial charge < -0.3 is 4.74 Å². The molecule has 0 spiro atoms. The lowest BCUT2D eigenvalue weighted by Gasteiger charge is -2.34. The third-order valence-electron chi connectivity index (χ3n) is 3.89. The van der Waals surface area contributed by atoms with Gasteiger partial charge >= 0.3 is 0 Å². The highest BCUT2D eigenvalue weighted by Crippen LogP contribution is 2.19. The number of benzene rings is 1. The van der Waals surface area contributed by atoms with E-state index in [-0.39, 0.29) is 0 Å². The number of hydrogen-bond donors (Lipinski definition) is 0. The van der Waals surface area contributed by atoms with Crippen molar-refractivity contribution in [1.29, 1.82) is 0 Å². The van der Waals surface area contributed by atoms with Crippen LogP contribution in [0, 0.1) is 6.92 Å². The van der Waals surface area contributed by atoms with Gasteiger partial charge in [-0.3, -0.25) is 4.90 Å². The molecule has 1 aromatic rings. The summed E-state index contributed by atoms with van der Waals surface area (Å²) in [7, 11) is 0. The summed E-state index contributed by atoms with van der Waals surface area (Å²) in [5.41, 5.74) is 1.28. The molecule has 1 atom stereocenters. The van der Waals surface area contributed by atoms with Gasteiger partial charge in [-0.15, -0.1) is 0 Å². The average Bonchev–Trinajstić information content (AvgIpc) is 2.41. The Hall–Kier alpha value is -1.02. The van der Waals surface area contributed by atoms with Gasteiger partial charge in [0.15, 0.2) is 0 Å². The Labute approximate surface area is 111 Å². The Kier molecular flexibility index (Phi) is 5.06. The highest BCUT2D eigenvalue weighted by Gasteiger charge is 2.19. The van der Waals surface area contributed by atoms with Gasteiger partial charge in [0.05, 0.1) is 0 Å². The molecule has 0 radical (unpaired) electrons. The van der Waals surface area contributed by atoms with Crippen LogP contribution in [0.5, 0.6) is 5.75 Å². The summed E-state index contributed by atoms with van der Waals surface area (Å²) in [6.45, 7) is 7.51. The third kappa shape index (κ3) is 3.74. The Morgan fingerprint density at radius 2 is 2.00 bits per heavy atom. The van der Waals surface area contributed by atoms with Crippen LogP contribution in [-0.2, 0) is 0 Å². The summed E-state index contributed by atoms with van der Waals surface area (Å²) in [5, 5.41) is 0. The van der Waals surface area contributed by atoms with Crippen molar-refractivity contribution in [3.05, 3.63) is 29.8 Å². The highest BCUT2D eigenvalue weighted by molar-refractivity contribution is 5.26. The Bertz CT molecular complexity index is 347.